The van der Waals surface area contributed by atoms with Crippen LogP contribution < -0.4 is 4.90 Å². The Kier molecular flexibility index (Phi) is 3.70. The molecule has 7 nitrogen and oxygen atoms in total. The first-order valence-corrected chi connectivity index (χ1v) is 5.55. The number of halogens is 1. The predicted octanol–water partition coefficient (Wildman–Crippen LogP) is 1.26. The van der Waals surface area contributed by atoms with Crippen molar-refractivity contribution in [3.05, 3.63) is 21.6 Å². The minimum absolute atomic E-state index is 0.134. The maximum absolute atomic E-state index is 11.0. The fourth-order valence-corrected chi connectivity index (χ4v) is 1.89. The van der Waals surface area contributed by atoms with Crippen LogP contribution in [-0.2, 0) is 4.74 Å². The van der Waals surface area contributed by atoms with Crippen molar-refractivity contribution in [1.29, 1.82) is 0 Å². The minimum atomic E-state index is -0.552. The Morgan fingerprint density at radius 2 is 2.24 bits per heavy atom. The van der Waals surface area contributed by atoms with Crippen molar-refractivity contribution in [2.45, 2.75) is 6.42 Å². The maximum atomic E-state index is 11.0. The van der Waals surface area contributed by atoms with Gasteiger partial charge in [-0.2, -0.15) is 0 Å². The van der Waals surface area contributed by atoms with Gasteiger partial charge in [-0.1, -0.05) is 11.6 Å². The van der Waals surface area contributed by atoms with Crippen molar-refractivity contribution in [2.24, 2.45) is 0 Å². The zero-order valence-corrected chi connectivity index (χ0v) is 9.76. The fourth-order valence-electron chi connectivity index (χ4n) is 1.70. The molecule has 0 atom stereocenters. The zero-order chi connectivity index (χ0) is 12.3. The van der Waals surface area contributed by atoms with E-state index in [9.17, 15) is 10.1 Å². The van der Waals surface area contributed by atoms with Crippen LogP contribution in [0, 0.1) is 10.1 Å². The van der Waals surface area contributed by atoms with Crippen molar-refractivity contribution in [3.8, 4) is 0 Å². The number of nitrogens with zero attached hydrogens (tertiary/aromatic N) is 4. The lowest BCUT2D eigenvalue weighted by Gasteiger charge is -2.19. The van der Waals surface area contributed by atoms with E-state index in [-0.39, 0.29) is 16.7 Å². The molecule has 2 heterocycles. The van der Waals surface area contributed by atoms with E-state index in [1.54, 1.807) is 4.90 Å². The Balaban J connectivity index is 2.36. The van der Waals surface area contributed by atoms with Gasteiger partial charge in [-0.3, -0.25) is 10.1 Å². The molecular weight excluding hydrogens is 248 g/mol. The van der Waals surface area contributed by atoms with Crippen LogP contribution in [0.2, 0.25) is 5.15 Å². The first-order valence-electron chi connectivity index (χ1n) is 5.17. The number of nitro groups is 1. The third-order valence-electron chi connectivity index (χ3n) is 2.46. The highest BCUT2D eigenvalue weighted by atomic mass is 35.5. The van der Waals surface area contributed by atoms with Gasteiger partial charge in [0.25, 0.3) is 0 Å². The van der Waals surface area contributed by atoms with E-state index < -0.39 is 4.92 Å². The second-order valence-electron chi connectivity index (χ2n) is 3.55. The highest BCUT2D eigenvalue weighted by Crippen LogP contribution is 2.31. The van der Waals surface area contributed by atoms with Gasteiger partial charge in [0, 0.05) is 19.7 Å². The molecular formula is C9H11ClN4O3. The summed E-state index contributed by atoms with van der Waals surface area (Å²) in [5.41, 5.74) is -0.240. The number of hydrogen-bond acceptors (Lipinski definition) is 6. The van der Waals surface area contributed by atoms with Crippen LogP contribution in [0.15, 0.2) is 6.33 Å². The molecule has 1 aromatic heterocycles. The van der Waals surface area contributed by atoms with Crippen LogP contribution in [0.1, 0.15) is 6.42 Å². The molecule has 1 aliphatic heterocycles. The maximum Gasteiger partial charge on any atom is 0.348 e. The fraction of sp³-hybridized carbons (Fsp3) is 0.556. The van der Waals surface area contributed by atoms with Crippen molar-refractivity contribution in [3.63, 3.8) is 0 Å². The van der Waals surface area contributed by atoms with Gasteiger partial charge in [0.1, 0.15) is 6.33 Å². The highest BCUT2D eigenvalue weighted by molar-refractivity contribution is 6.31. The Morgan fingerprint density at radius 1 is 1.41 bits per heavy atom. The van der Waals surface area contributed by atoms with Gasteiger partial charge in [-0.15, -0.1) is 0 Å². The first-order chi connectivity index (χ1) is 8.20. The molecule has 0 amide bonds. The molecule has 2 rings (SSSR count). The molecule has 0 radical (unpaired) electrons. The topological polar surface area (TPSA) is 81.4 Å². The van der Waals surface area contributed by atoms with Gasteiger partial charge in [0.05, 0.1) is 11.5 Å². The number of aromatic nitrogens is 2. The second kappa shape index (κ2) is 5.24. The molecule has 0 bridgehead atoms. The van der Waals surface area contributed by atoms with Crippen molar-refractivity contribution >= 4 is 23.1 Å². The summed E-state index contributed by atoms with van der Waals surface area (Å²) in [6.45, 7) is 2.41. The lowest BCUT2D eigenvalue weighted by molar-refractivity contribution is -0.384. The van der Waals surface area contributed by atoms with Gasteiger partial charge in [-0.25, -0.2) is 9.97 Å². The van der Waals surface area contributed by atoms with Crippen molar-refractivity contribution < 1.29 is 9.66 Å². The summed E-state index contributed by atoms with van der Waals surface area (Å²) in [6.07, 6.45) is 2.04. The minimum Gasteiger partial charge on any atom is -0.380 e. The van der Waals surface area contributed by atoms with E-state index in [1.807, 2.05) is 0 Å². The van der Waals surface area contributed by atoms with Gasteiger partial charge in [-0.05, 0) is 6.42 Å². The number of hydrogen-bond donors (Lipinski definition) is 0. The largest absolute Gasteiger partial charge is 0.380 e. The molecule has 1 saturated heterocycles. The molecule has 8 heteroatoms. The summed E-state index contributed by atoms with van der Waals surface area (Å²) in [4.78, 5) is 19.8. The van der Waals surface area contributed by atoms with Gasteiger partial charge >= 0.3 is 5.69 Å². The standard InChI is InChI=1S/C9H11ClN4O3/c10-8-7(14(15)16)9(12-6-11-8)13-2-1-4-17-5-3-13/h6H,1-5H2. The zero-order valence-electron chi connectivity index (χ0n) is 9.00. The van der Waals surface area contributed by atoms with Crippen LogP contribution in [0.3, 0.4) is 0 Å². The lowest BCUT2D eigenvalue weighted by Crippen LogP contribution is -2.27. The molecule has 0 N–H and O–H groups in total. The summed E-state index contributed by atoms with van der Waals surface area (Å²) in [6, 6.07) is 0. The van der Waals surface area contributed by atoms with E-state index in [0.717, 1.165) is 6.42 Å². The van der Waals surface area contributed by atoms with Crippen LogP contribution in [0.25, 0.3) is 0 Å². The molecule has 0 aliphatic carbocycles. The number of rotatable bonds is 2. The smallest absolute Gasteiger partial charge is 0.348 e. The molecule has 92 valence electrons. The lowest BCUT2D eigenvalue weighted by atomic mass is 10.3. The van der Waals surface area contributed by atoms with Gasteiger partial charge in [0.15, 0.2) is 0 Å². The molecule has 1 aromatic rings. The van der Waals surface area contributed by atoms with Gasteiger partial charge < -0.3 is 9.64 Å². The molecule has 0 unspecified atom stereocenters. The Hall–Kier alpha value is -1.47. The Labute approximate surface area is 103 Å². The van der Waals surface area contributed by atoms with Crippen LogP contribution in [-0.4, -0.2) is 41.2 Å². The average Bonchev–Trinajstić information content (AvgIpc) is 2.56. The summed E-state index contributed by atoms with van der Waals surface area (Å²) < 4.78 is 5.29. The van der Waals surface area contributed by atoms with E-state index in [2.05, 4.69) is 9.97 Å². The van der Waals surface area contributed by atoms with Crippen molar-refractivity contribution in [1.82, 2.24) is 9.97 Å². The molecule has 0 saturated carbocycles. The van der Waals surface area contributed by atoms with Crippen LogP contribution in [0.5, 0.6) is 0 Å². The monoisotopic (exact) mass is 258 g/mol. The van der Waals surface area contributed by atoms with Crippen LogP contribution >= 0.6 is 11.6 Å². The third kappa shape index (κ3) is 2.62. The second-order valence-corrected chi connectivity index (χ2v) is 3.90. The van der Waals surface area contributed by atoms with E-state index in [4.69, 9.17) is 16.3 Å². The summed E-state index contributed by atoms with van der Waals surface area (Å²) in [7, 11) is 0. The van der Waals surface area contributed by atoms with Gasteiger partial charge in [0.2, 0.25) is 11.0 Å². The normalized spacial score (nSPS) is 16.6. The molecule has 1 fully saturated rings. The third-order valence-corrected chi connectivity index (χ3v) is 2.74. The highest BCUT2D eigenvalue weighted by Gasteiger charge is 2.26. The summed E-state index contributed by atoms with van der Waals surface area (Å²) in [5.74, 6) is 0.264. The molecule has 17 heavy (non-hydrogen) atoms. The predicted molar refractivity (Wildman–Crippen MR) is 61.3 cm³/mol. The van der Waals surface area contributed by atoms with Crippen LogP contribution in [0.4, 0.5) is 11.5 Å². The van der Waals surface area contributed by atoms with E-state index in [0.29, 0.717) is 26.3 Å². The summed E-state index contributed by atoms with van der Waals surface area (Å²) >= 11 is 5.73. The van der Waals surface area contributed by atoms with E-state index in [1.165, 1.54) is 6.33 Å². The Bertz CT molecular complexity index is 421. The molecule has 1 aliphatic rings. The average molecular weight is 259 g/mol. The van der Waals surface area contributed by atoms with E-state index >= 15 is 0 Å². The molecule has 0 spiro atoms. The SMILES string of the molecule is O=[N+]([O-])c1c(Cl)ncnc1N1CCCOCC1. The quantitative estimate of drug-likeness (QED) is 0.451. The Morgan fingerprint density at radius 3 is 3.00 bits per heavy atom. The summed E-state index contributed by atoms with van der Waals surface area (Å²) in [5, 5.41) is 10.8. The number of ether oxygens (including phenoxy) is 1. The number of anilines is 1. The molecule has 0 aromatic carbocycles. The van der Waals surface area contributed by atoms with Crippen molar-refractivity contribution in [2.75, 3.05) is 31.2 Å². The first kappa shape index (κ1) is 12.0.